The maximum atomic E-state index is 11.4. The van der Waals surface area contributed by atoms with Gasteiger partial charge in [-0.2, -0.15) is 0 Å². The molecular weight excluding hydrogens is 268 g/mol. The smallest absolute Gasteiger partial charge is 0.243 e. The lowest BCUT2D eigenvalue weighted by Gasteiger charge is -2.01. The number of hydrogen-bond acceptors (Lipinski definition) is 3. The summed E-state index contributed by atoms with van der Waals surface area (Å²) < 4.78 is 0. The van der Waals surface area contributed by atoms with Crippen molar-refractivity contribution < 1.29 is 4.79 Å². The van der Waals surface area contributed by atoms with Gasteiger partial charge in [-0.15, -0.1) is 22.9 Å². The molecule has 1 aromatic heterocycles. The standard InChI is InChI=1S/C13H13ClN2OS/c1-9(14)12(17)16-13-15-8-11(18-13)7-10-5-3-2-4-6-10/h2-6,8-9H,7H2,1H3,(H,15,16,17). The lowest BCUT2D eigenvalue weighted by atomic mass is 10.1. The van der Waals surface area contributed by atoms with Crippen LogP contribution in [0.3, 0.4) is 0 Å². The van der Waals surface area contributed by atoms with E-state index < -0.39 is 5.38 Å². The first kappa shape index (κ1) is 13.1. The van der Waals surface area contributed by atoms with Gasteiger partial charge in [-0.3, -0.25) is 4.79 Å². The summed E-state index contributed by atoms with van der Waals surface area (Å²) >= 11 is 7.15. The van der Waals surface area contributed by atoms with Crippen LogP contribution in [0.5, 0.6) is 0 Å². The van der Waals surface area contributed by atoms with E-state index in [-0.39, 0.29) is 5.91 Å². The fourth-order valence-electron chi connectivity index (χ4n) is 1.45. The molecule has 3 nitrogen and oxygen atoms in total. The molecule has 2 rings (SSSR count). The monoisotopic (exact) mass is 280 g/mol. The van der Waals surface area contributed by atoms with Gasteiger partial charge < -0.3 is 5.32 Å². The molecule has 1 atom stereocenters. The van der Waals surface area contributed by atoms with Crippen molar-refractivity contribution in [1.29, 1.82) is 0 Å². The minimum absolute atomic E-state index is 0.225. The van der Waals surface area contributed by atoms with E-state index >= 15 is 0 Å². The molecule has 0 radical (unpaired) electrons. The second-order valence-electron chi connectivity index (χ2n) is 3.90. The number of halogens is 1. The fourth-order valence-corrected chi connectivity index (χ4v) is 2.35. The zero-order chi connectivity index (χ0) is 13.0. The number of carbonyl (C=O) groups excluding carboxylic acids is 1. The van der Waals surface area contributed by atoms with Crippen LogP contribution in [0.1, 0.15) is 17.4 Å². The number of alkyl halides is 1. The maximum absolute atomic E-state index is 11.4. The number of hydrogen-bond donors (Lipinski definition) is 1. The number of carbonyl (C=O) groups is 1. The Labute approximate surface area is 115 Å². The van der Waals surface area contributed by atoms with Crippen LogP contribution >= 0.6 is 22.9 Å². The Morgan fingerprint density at radius 3 is 2.83 bits per heavy atom. The van der Waals surface area contributed by atoms with Crippen molar-refractivity contribution in [3.05, 3.63) is 47.0 Å². The number of rotatable bonds is 4. The summed E-state index contributed by atoms with van der Waals surface area (Å²) in [6, 6.07) is 10.1. The molecule has 2 aromatic rings. The summed E-state index contributed by atoms with van der Waals surface area (Å²) in [5.74, 6) is -0.225. The van der Waals surface area contributed by atoms with Crippen molar-refractivity contribution >= 4 is 34.0 Å². The van der Waals surface area contributed by atoms with E-state index in [2.05, 4.69) is 22.4 Å². The molecule has 0 aliphatic carbocycles. The first-order chi connectivity index (χ1) is 8.65. The van der Waals surface area contributed by atoms with Gasteiger partial charge in [0.1, 0.15) is 5.38 Å². The van der Waals surface area contributed by atoms with E-state index in [4.69, 9.17) is 11.6 Å². The Balaban J connectivity index is 2.00. The van der Waals surface area contributed by atoms with Crippen LogP contribution in [0.25, 0.3) is 0 Å². The highest BCUT2D eigenvalue weighted by atomic mass is 35.5. The predicted molar refractivity (Wildman–Crippen MR) is 75.3 cm³/mol. The summed E-state index contributed by atoms with van der Waals surface area (Å²) in [5, 5.41) is 2.73. The first-order valence-corrected chi connectivity index (χ1v) is 6.84. The summed E-state index contributed by atoms with van der Waals surface area (Å²) in [6.07, 6.45) is 2.61. The Kier molecular flexibility index (Phi) is 4.33. The highest BCUT2D eigenvalue weighted by Gasteiger charge is 2.11. The highest BCUT2D eigenvalue weighted by Crippen LogP contribution is 2.21. The second kappa shape index (κ2) is 5.98. The van der Waals surface area contributed by atoms with Crippen LogP contribution < -0.4 is 5.32 Å². The Hall–Kier alpha value is -1.39. The lowest BCUT2D eigenvalue weighted by molar-refractivity contribution is -0.115. The van der Waals surface area contributed by atoms with Crippen molar-refractivity contribution in [2.45, 2.75) is 18.7 Å². The summed E-state index contributed by atoms with van der Waals surface area (Å²) in [4.78, 5) is 16.7. The molecule has 1 unspecified atom stereocenters. The van der Waals surface area contributed by atoms with Gasteiger partial charge in [-0.05, 0) is 12.5 Å². The molecule has 0 saturated heterocycles. The number of aromatic nitrogens is 1. The third-order valence-corrected chi connectivity index (χ3v) is 3.48. The Morgan fingerprint density at radius 2 is 2.17 bits per heavy atom. The molecule has 18 heavy (non-hydrogen) atoms. The van der Waals surface area contributed by atoms with Crippen molar-refractivity contribution in [2.75, 3.05) is 5.32 Å². The average molecular weight is 281 g/mol. The van der Waals surface area contributed by atoms with Crippen molar-refractivity contribution in [1.82, 2.24) is 4.98 Å². The topological polar surface area (TPSA) is 42.0 Å². The zero-order valence-electron chi connectivity index (χ0n) is 9.89. The summed E-state index contributed by atoms with van der Waals surface area (Å²) in [7, 11) is 0. The van der Waals surface area contributed by atoms with Gasteiger partial charge in [0, 0.05) is 17.5 Å². The third kappa shape index (κ3) is 3.55. The molecule has 0 spiro atoms. The number of thiazole rings is 1. The van der Waals surface area contributed by atoms with Crippen molar-refractivity contribution in [3.8, 4) is 0 Å². The summed E-state index contributed by atoms with van der Waals surface area (Å²) in [5.41, 5.74) is 1.23. The largest absolute Gasteiger partial charge is 0.301 e. The Bertz CT molecular complexity index is 525. The highest BCUT2D eigenvalue weighted by molar-refractivity contribution is 7.15. The minimum Gasteiger partial charge on any atom is -0.301 e. The molecule has 94 valence electrons. The molecule has 0 aliphatic rings. The van der Waals surface area contributed by atoms with Crippen LogP contribution in [0.4, 0.5) is 5.13 Å². The lowest BCUT2D eigenvalue weighted by Crippen LogP contribution is -2.19. The summed E-state index contributed by atoms with van der Waals surface area (Å²) in [6.45, 7) is 1.63. The number of nitrogens with one attached hydrogen (secondary N) is 1. The maximum Gasteiger partial charge on any atom is 0.243 e. The van der Waals surface area contributed by atoms with Gasteiger partial charge in [0.2, 0.25) is 5.91 Å². The number of amides is 1. The number of anilines is 1. The molecule has 1 amide bonds. The molecule has 0 fully saturated rings. The Morgan fingerprint density at radius 1 is 1.44 bits per heavy atom. The van der Waals surface area contributed by atoms with Gasteiger partial charge in [0.05, 0.1) is 0 Å². The van der Waals surface area contributed by atoms with Crippen LogP contribution in [0.2, 0.25) is 0 Å². The first-order valence-electron chi connectivity index (χ1n) is 5.58. The van der Waals surface area contributed by atoms with Crippen LogP contribution in [-0.2, 0) is 11.2 Å². The van der Waals surface area contributed by atoms with E-state index in [0.717, 1.165) is 11.3 Å². The van der Waals surface area contributed by atoms with E-state index in [1.165, 1.54) is 16.9 Å². The van der Waals surface area contributed by atoms with Gasteiger partial charge in [-0.25, -0.2) is 4.98 Å². The van der Waals surface area contributed by atoms with Gasteiger partial charge in [-0.1, -0.05) is 30.3 Å². The minimum atomic E-state index is -0.550. The van der Waals surface area contributed by atoms with Crippen LogP contribution in [0, 0.1) is 0 Å². The molecule has 0 bridgehead atoms. The van der Waals surface area contributed by atoms with Crippen LogP contribution in [0.15, 0.2) is 36.5 Å². The zero-order valence-corrected chi connectivity index (χ0v) is 11.5. The van der Waals surface area contributed by atoms with E-state index in [1.807, 2.05) is 18.2 Å². The van der Waals surface area contributed by atoms with E-state index in [1.54, 1.807) is 13.1 Å². The number of benzene rings is 1. The average Bonchev–Trinajstić information content (AvgIpc) is 2.77. The van der Waals surface area contributed by atoms with Crippen LogP contribution in [-0.4, -0.2) is 16.3 Å². The molecule has 0 aliphatic heterocycles. The normalized spacial score (nSPS) is 12.1. The molecule has 1 aromatic carbocycles. The molecular formula is C13H13ClN2OS. The molecule has 5 heteroatoms. The third-order valence-electron chi connectivity index (χ3n) is 2.37. The van der Waals surface area contributed by atoms with Gasteiger partial charge in [0.25, 0.3) is 0 Å². The van der Waals surface area contributed by atoms with Gasteiger partial charge in [0.15, 0.2) is 5.13 Å². The fraction of sp³-hybridized carbons (Fsp3) is 0.231. The quantitative estimate of drug-likeness (QED) is 0.873. The molecule has 1 heterocycles. The van der Waals surface area contributed by atoms with Crippen molar-refractivity contribution in [3.63, 3.8) is 0 Å². The number of nitrogens with zero attached hydrogens (tertiary/aromatic N) is 1. The molecule has 0 saturated carbocycles. The SMILES string of the molecule is CC(Cl)C(=O)Nc1ncc(Cc2ccccc2)s1. The predicted octanol–water partition coefficient (Wildman–Crippen LogP) is 3.30. The van der Waals surface area contributed by atoms with E-state index in [9.17, 15) is 4.79 Å². The molecule has 1 N–H and O–H groups in total. The van der Waals surface area contributed by atoms with Gasteiger partial charge >= 0.3 is 0 Å². The van der Waals surface area contributed by atoms with E-state index in [0.29, 0.717) is 5.13 Å². The second-order valence-corrected chi connectivity index (χ2v) is 5.67. The van der Waals surface area contributed by atoms with Crippen molar-refractivity contribution in [2.24, 2.45) is 0 Å².